The monoisotopic (exact) mass is 242 g/mol. The molecule has 0 atom stereocenters. The molecule has 88 valence electrons. The molecule has 0 unspecified atom stereocenters. The Hall–Kier alpha value is -1.13. The fourth-order valence-corrected chi connectivity index (χ4v) is 1.23. The predicted octanol–water partition coefficient (Wildman–Crippen LogP) is 1.48. The second-order valence-electron chi connectivity index (χ2n) is 4.35. The molecule has 1 heterocycles. The number of amides is 1. The van der Waals surface area contributed by atoms with Crippen LogP contribution in [0, 0.1) is 5.41 Å². The lowest BCUT2D eigenvalue weighted by Gasteiger charge is -2.21. The maximum absolute atomic E-state index is 11.7. The molecule has 4 nitrogen and oxygen atoms in total. The molecule has 1 aromatic rings. The van der Waals surface area contributed by atoms with Gasteiger partial charge in [-0.3, -0.25) is 4.79 Å². The first-order chi connectivity index (χ1) is 7.46. The fraction of sp³-hybridized carbons (Fsp3) is 0.455. The van der Waals surface area contributed by atoms with E-state index in [2.05, 4.69) is 10.3 Å². The second-order valence-corrected chi connectivity index (χ2v) is 4.70. The number of pyridine rings is 1. The standard InChI is InChI=1S/C11H15ClN2O2/c1-11(2,7-15)6-14-10(16)8-4-3-5-13-9(8)12/h3-5,15H,6-7H2,1-2H3,(H,14,16). The zero-order valence-electron chi connectivity index (χ0n) is 9.33. The third-order valence-corrected chi connectivity index (χ3v) is 2.46. The van der Waals surface area contributed by atoms with Crippen molar-refractivity contribution in [2.24, 2.45) is 5.41 Å². The van der Waals surface area contributed by atoms with Crippen molar-refractivity contribution < 1.29 is 9.90 Å². The highest BCUT2D eigenvalue weighted by Gasteiger charge is 2.18. The highest BCUT2D eigenvalue weighted by atomic mass is 35.5. The smallest absolute Gasteiger partial charge is 0.254 e. The number of aromatic nitrogens is 1. The normalized spacial score (nSPS) is 11.2. The summed E-state index contributed by atoms with van der Waals surface area (Å²) in [6, 6.07) is 3.26. The van der Waals surface area contributed by atoms with E-state index in [1.54, 1.807) is 12.1 Å². The van der Waals surface area contributed by atoms with Crippen LogP contribution in [-0.4, -0.2) is 29.1 Å². The predicted molar refractivity (Wildman–Crippen MR) is 62.4 cm³/mol. The van der Waals surface area contributed by atoms with E-state index in [0.717, 1.165) is 0 Å². The first kappa shape index (κ1) is 12.9. The lowest BCUT2D eigenvalue weighted by molar-refractivity contribution is 0.0911. The molecule has 0 spiro atoms. The summed E-state index contributed by atoms with van der Waals surface area (Å²) in [4.78, 5) is 15.5. The van der Waals surface area contributed by atoms with E-state index in [4.69, 9.17) is 16.7 Å². The van der Waals surface area contributed by atoms with Gasteiger partial charge < -0.3 is 10.4 Å². The third kappa shape index (κ3) is 3.47. The Morgan fingerprint density at radius 1 is 1.62 bits per heavy atom. The van der Waals surface area contributed by atoms with Crippen molar-refractivity contribution in [3.8, 4) is 0 Å². The summed E-state index contributed by atoms with van der Waals surface area (Å²) in [7, 11) is 0. The van der Waals surface area contributed by atoms with Crippen LogP contribution in [0.15, 0.2) is 18.3 Å². The molecule has 16 heavy (non-hydrogen) atoms. The SMILES string of the molecule is CC(C)(CO)CNC(=O)c1cccnc1Cl. The van der Waals surface area contributed by atoms with E-state index >= 15 is 0 Å². The molecule has 1 rings (SSSR count). The van der Waals surface area contributed by atoms with Crippen molar-refractivity contribution in [1.29, 1.82) is 0 Å². The van der Waals surface area contributed by atoms with E-state index < -0.39 is 0 Å². The van der Waals surface area contributed by atoms with Gasteiger partial charge in [-0.05, 0) is 12.1 Å². The molecule has 0 aliphatic carbocycles. The van der Waals surface area contributed by atoms with Crippen molar-refractivity contribution in [2.75, 3.05) is 13.2 Å². The zero-order chi connectivity index (χ0) is 12.2. The first-order valence-corrected chi connectivity index (χ1v) is 5.34. The summed E-state index contributed by atoms with van der Waals surface area (Å²) >= 11 is 5.78. The molecule has 0 fully saturated rings. The molecule has 0 aliphatic heterocycles. The van der Waals surface area contributed by atoms with Gasteiger partial charge in [-0.25, -0.2) is 4.98 Å². The summed E-state index contributed by atoms with van der Waals surface area (Å²) in [6.45, 7) is 4.11. The molecule has 0 aromatic carbocycles. The number of nitrogens with one attached hydrogen (secondary N) is 1. The van der Waals surface area contributed by atoms with Gasteiger partial charge in [0.1, 0.15) is 5.15 Å². The van der Waals surface area contributed by atoms with Crippen LogP contribution in [0.4, 0.5) is 0 Å². The quantitative estimate of drug-likeness (QED) is 0.787. The number of aliphatic hydroxyl groups excluding tert-OH is 1. The second kappa shape index (κ2) is 5.27. The molecule has 0 saturated carbocycles. The number of hydrogen-bond donors (Lipinski definition) is 2. The minimum atomic E-state index is -0.343. The van der Waals surface area contributed by atoms with Crippen LogP contribution in [-0.2, 0) is 0 Å². The number of nitrogens with zero attached hydrogens (tertiary/aromatic N) is 1. The Bertz CT molecular complexity index is 380. The number of carbonyl (C=O) groups is 1. The van der Waals surface area contributed by atoms with Crippen molar-refractivity contribution >= 4 is 17.5 Å². The highest BCUT2D eigenvalue weighted by molar-refractivity contribution is 6.32. The van der Waals surface area contributed by atoms with Gasteiger partial charge >= 0.3 is 0 Å². The largest absolute Gasteiger partial charge is 0.396 e. The van der Waals surface area contributed by atoms with Crippen LogP contribution in [0.25, 0.3) is 0 Å². The molecular formula is C11H15ClN2O2. The number of carbonyl (C=O) groups excluding carboxylic acids is 1. The molecular weight excluding hydrogens is 228 g/mol. The molecule has 5 heteroatoms. The van der Waals surface area contributed by atoms with Gasteiger partial charge in [-0.15, -0.1) is 0 Å². The van der Waals surface area contributed by atoms with Crippen LogP contribution in [0.2, 0.25) is 5.15 Å². The lowest BCUT2D eigenvalue weighted by Crippen LogP contribution is -2.36. The number of rotatable bonds is 4. The number of halogens is 1. The molecule has 0 bridgehead atoms. The van der Waals surface area contributed by atoms with Crippen LogP contribution in [0.3, 0.4) is 0 Å². The van der Waals surface area contributed by atoms with Gasteiger partial charge in [0.25, 0.3) is 5.91 Å². The Morgan fingerprint density at radius 2 is 2.31 bits per heavy atom. The van der Waals surface area contributed by atoms with Crippen LogP contribution in [0.5, 0.6) is 0 Å². The van der Waals surface area contributed by atoms with Gasteiger partial charge in [0.2, 0.25) is 0 Å². The number of aliphatic hydroxyl groups is 1. The van der Waals surface area contributed by atoms with Crippen LogP contribution in [0.1, 0.15) is 24.2 Å². The molecule has 2 N–H and O–H groups in total. The van der Waals surface area contributed by atoms with Crippen molar-refractivity contribution in [3.63, 3.8) is 0 Å². The van der Waals surface area contributed by atoms with Gasteiger partial charge in [0.05, 0.1) is 5.56 Å². The summed E-state index contributed by atoms with van der Waals surface area (Å²) in [5, 5.41) is 11.9. The fourth-order valence-electron chi connectivity index (χ4n) is 1.03. The van der Waals surface area contributed by atoms with Gasteiger partial charge in [0, 0.05) is 24.8 Å². The third-order valence-electron chi connectivity index (χ3n) is 2.16. The Kier molecular flexibility index (Phi) is 4.26. The summed E-state index contributed by atoms with van der Waals surface area (Å²) in [5.74, 6) is -0.278. The summed E-state index contributed by atoms with van der Waals surface area (Å²) in [5.41, 5.74) is 0.00237. The first-order valence-electron chi connectivity index (χ1n) is 4.96. The molecule has 1 aromatic heterocycles. The average Bonchev–Trinajstić information content (AvgIpc) is 2.27. The summed E-state index contributed by atoms with van der Waals surface area (Å²) in [6.07, 6.45) is 1.52. The minimum Gasteiger partial charge on any atom is -0.396 e. The Balaban J connectivity index is 2.64. The van der Waals surface area contributed by atoms with Crippen molar-refractivity contribution in [2.45, 2.75) is 13.8 Å². The Morgan fingerprint density at radius 3 is 2.88 bits per heavy atom. The molecule has 0 saturated heterocycles. The maximum Gasteiger partial charge on any atom is 0.254 e. The molecule has 1 amide bonds. The van der Waals surface area contributed by atoms with E-state index in [9.17, 15) is 4.79 Å². The average molecular weight is 243 g/mol. The Labute approximate surface area is 99.6 Å². The van der Waals surface area contributed by atoms with Gasteiger partial charge in [-0.1, -0.05) is 25.4 Å². The van der Waals surface area contributed by atoms with E-state index in [0.29, 0.717) is 12.1 Å². The van der Waals surface area contributed by atoms with E-state index in [1.165, 1.54) is 6.20 Å². The van der Waals surface area contributed by atoms with E-state index in [-0.39, 0.29) is 23.1 Å². The van der Waals surface area contributed by atoms with Crippen LogP contribution >= 0.6 is 11.6 Å². The molecule has 0 aliphatic rings. The highest BCUT2D eigenvalue weighted by Crippen LogP contribution is 2.14. The number of hydrogen-bond acceptors (Lipinski definition) is 3. The minimum absolute atomic E-state index is 0.00799. The van der Waals surface area contributed by atoms with Crippen molar-refractivity contribution in [1.82, 2.24) is 10.3 Å². The van der Waals surface area contributed by atoms with Gasteiger partial charge in [-0.2, -0.15) is 0 Å². The maximum atomic E-state index is 11.7. The van der Waals surface area contributed by atoms with Crippen LogP contribution < -0.4 is 5.32 Å². The molecule has 0 radical (unpaired) electrons. The topological polar surface area (TPSA) is 62.2 Å². The summed E-state index contributed by atoms with van der Waals surface area (Å²) < 4.78 is 0. The lowest BCUT2D eigenvalue weighted by atomic mass is 9.95. The van der Waals surface area contributed by atoms with Crippen molar-refractivity contribution in [3.05, 3.63) is 29.0 Å². The zero-order valence-corrected chi connectivity index (χ0v) is 10.1. The van der Waals surface area contributed by atoms with Gasteiger partial charge in [0.15, 0.2) is 0 Å². The van der Waals surface area contributed by atoms with E-state index in [1.807, 2.05) is 13.8 Å².